The van der Waals surface area contributed by atoms with Crippen molar-refractivity contribution in [3.05, 3.63) is 0 Å². The molecule has 4 nitrogen and oxygen atoms in total. The van der Waals surface area contributed by atoms with Crippen LogP contribution in [-0.2, 0) is 0 Å². The van der Waals surface area contributed by atoms with Crippen LogP contribution in [0.1, 0.15) is 94.9 Å². The Hall–Kier alpha value is -0.160. The second-order valence-corrected chi connectivity index (χ2v) is 10.1. The van der Waals surface area contributed by atoms with Gasteiger partial charge in [-0.2, -0.15) is 0 Å². The molecule has 0 atom stereocenters. The van der Waals surface area contributed by atoms with Gasteiger partial charge in [-0.05, 0) is 133 Å². The highest BCUT2D eigenvalue weighted by Gasteiger charge is 2.15. The van der Waals surface area contributed by atoms with Crippen molar-refractivity contribution in [3.63, 3.8) is 0 Å². The quantitative estimate of drug-likeness (QED) is 0.255. The summed E-state index contributed by atoms with van der Waals surface area (Å²) in [6.07, 6.45) is 5.21. The van der Waals surface area contributed by atoms with Crippen LogP contribution in [-0.4, -0.2) is 96.1 Å². The van der Waals surface area contributed by atoms with Crippen molar-refractivity contribution in [2.45, 2.75) is 119 Å². The summed E-state index contributed by atoms with van der Waals surface area (Å²) in [5.41, 5.74) is 0. The molecule has 0 aliphatic carbocycles. The fraction of sp³-hybridized carbons (Fsp3) is 1.00. The molecular formula is C26H58N4. The largest absolute Gasteiger partial charge is 0.304 e. The third kappa shape index (κ3) is 13.3. The average molecular weight is 427 g/mol. The van der Waals surface area contributed by atoms with Crippen LogP contribution < -0.4 is 0 Å². The molecule has 0 unspecified atom stereocenters. The van der Waals surface area contributed by atoms with Gasteiger partial charge in [0, 0.05) is 24.2 Å². The Morgan fingerprint density at radius 2 is 0.867 bits per heavy atom. The van der Waals surface area contributed by atoms with Crippen LogP contribution >= 0.6 is 0 Å². The molecule has 0 saturated carbocycles. The van der Waals surface area contributed by atoms with Crippen molar-refractivity contribution in [2.75, 3.05) is 52.4 Å². The third-order valence-corrected chi connectivity index (χ3v) is 6.59. The van der Waals surface area contributed by atoms with E-state index in [9.17, 15) is 0 Å². The smallest absolute Gasteiger partial charge is 0.00413 e. The average Bonchev–Trinajstić information content (AvgIpc) is 2.66. The van der Waals surface area contributed by atoms with E-state index in [1.807, 2.05) is 0 Å². The van der Waals surface area contributed by atoms with Crippen molar-refractivity contribution in [3.8, 4) is 0 Å². The van der Waals surface area contributed by atoms with E-state index in [-0.39, 0.29) is 0 Å². The molecule has 0 radical (unpaired) electrons. The van der Waals surface area contributed by atoms with Crippen LogP contribution in [0.4, 0.5) is 0 Å². The summed E-state index contributed by atoms with van der Waals surface area (Å²) in [6.45, 7) is 33.0. The predicted molar refractivity (Wildman–Crippen MR) is 137 cm³/mol. The highest BCUT2D eigenvalue weighted by molar-refractivity contribution is 4.70. The topological polar surface area (TPSA) is 13.0 Å². The Morgan fingerprint density at radius 3 is 1.33 bits per heavy atom. The number of rotatable bonds is 19. The summed E-state index contributed by atoms with van der Waals surface area (Å²) in [6, 6.07) is 2.60. The highest BCUT2D eigenvalue weighted by atomic mass is 15.2. The van der Waals surface area contributed by atoms with Gasteiger partial charge in [-0.1, -0.05) is 13.8 Å². The Morgan fingerprint density at radius 1 is 0.433 bits per heavy atom. The fourth-order valence-electron chi connectivity index (χ4n) is 4.55. The van der Waals surface area contributed by atoms with Gasteiger partial charge >= 0.3 is 0 Å². The SMILES string of the molecule is CCN(CCCCN(CCCN(C(C)C)C(C)C)C(C)C)CCCN(CC)C(C)C. The molecule has 0 aromatic heterocycles. The van der Waals surface area contributed by atoms with Gasteiger partial charge in [0.05, 0.1) is 0 Å². The molecule has 0 amide bonds. The lowest BCUT2D eigenvalue weighted by atomic mass is 10.2. The standard InChI is InChI=1S/C26H58N4/c1-11-27(18-15-20-28(12-2)23(3)4)17-13-14-19-29(24(5)6)21-16-22-30(25(7)8)26(9)10/h23-26H,11-22H2,1-10H3. The lowest BCUT2D eigenvalue weighted by Gasteiger charge is -2.32. The Bertz CT molecular complexity index is 373. The molecule has 0 aromatic carbocycles. The van der Waals surface area contributed by atoms with E-state index in [1.165, 1.54) is 78.0 Å². The first-order valence-corrected chi connectivity index (χ1v) is 13.1. The van der Waals surface area contributed by atoms with E-state index in [2.05, 4.69) is 88.8 Å². The second kappa shape index (κ2) is 17.4. The summed E-state index contributed by atoms with van der Waals surface area (Å²) in [5.74, 6) is 0. The van der Waals surface area contributed by atoms with E-state index in [1.54, 1.807) is 0 Å². The molecule has 0 spiro atoms. The summed E-state index contributed by atoms with van der Waals surface area (Å²) < 4.78 is 0. The van der Waals surface area contributed by atoms with Crippen LogP contribution in [0.3, 0.4) is 0 Å². The van der Waals surface area contributed by atoms with Crippen molar-refractivity contribution in [1.29, 1.82) is 0 Å². The summed E-state index contributed by atoms with van der Waals surface area (Å²) in [7, 11) is 0. The van der Waals surface area contributed by atoms with Crippen molar-refractivity contribution in [1.82, 2.24) is 19.6 Å². The maximum atomic E-state index is 2.69. The Labute approximate surface area is 191 Å². The minimum Gasteiger partial charge on any atom is -0.304 e. The van der Waals surface area contributed by atoms with Crippen LogP contribution in [0.25, 0.3) is 0 Å². The zero-order valence-electron chi connectivity index (χ0n) is 22.6. The molecule has 0 aliphatic rings. The first-order valence-electron chi connectivity index (χ1n) is 13.1. The number of hydrogen-bond acceptors (Lipinski definition) is 4. The predicted octanol–water partition coefficient (Wildman–Crippen LogP) is 5.43. The molecule has 0 rings (SSSR count). The highest BCUT2D eigenvalue weighted by Crippen LogP contribution is 2.09. The molecule has 0 aliphatic heterocycles. The van der Waals surface area contributed by atoms with E-state index in [0.29, 0.717) is 24.2 Å². The zero-order valence-corrected chi connectivity index (χ0v) is 22.6. The normalized spacial score (nSPS) is 13.0. The van der Waals surface area contributed by atoms with Gasteiger partial charge in [0.1, 0.15) is 0 Å². The molecule has 0 heterocycles. The molecule has 0 saturated heterocycles. The molecular weight excluding hydrogens is 368 g/mol. The zero-order chi connectivity index (χ0) is 23.1. The van der Waals surface area contributed by atoms with Crippen molar-refractivity contribution in [2.24, 2.45) is 0 Å². The van der Waals surface area contributed by atoms with E-state index in [4.69, 9.17) is 0 Å². The summed E-state index contributed by atoms with van der Waals surface area (Å²) >= 11 is 0. The van der Waals surface area contributed by atoms with Gasteiger partial charge in [-0.3, -0.25) is 4.90 Å². The Kier molecular flexibility index (Phi) is 17.3. The van der Waals surface area contributed by atoms with Gasteiger partial charge < -0.3 is 14.7 Å². The van der Waals surface area contributed by atoms with Gasteiger partial charge in [0.25, 0.3) is 0 Å². The number of hydrogen-bond donors (Lipinski definition) is 0. The minimum absolute atomic E-state index is 0.641. The third-order valence-electron chi connectivity index (χ3n) is 6.59. The van der Waals surface area contributed by atoms with Crippen molar-refractivity contribution >= 4 is 0 Å². The summed E-state index contributed by atoms with van der Waals surface area (Å²) in [4.78, 5) is 10.5. The molecule has 0 aromatic rings. The monoisotopic (exact) mass is 426 g/mol. The number of nitrogens with zero attached hydrogens (tertiary/aromatic N) is 4. The molecule has 4 heteroatoms. The maximum Gasteiger partial charge on any atom is 0.00413 e. The van der Waals surface area contributed by atoms with Gasteiger partial charge in [0.2, 0.25) is 0 Å². The van der Waals surface area contributed by atoms with Crippen LogP contribution in [0.15, 0.2) is 0 Å². The first-order chi connectivity index (χ1) is 14.1. The van der Waals surface area contributed by atoms with E-state index < -0.39 is 0 Å². The fourth-order valence-corrected chi connectivity index (χ4v) is 4.55. The van der Waals surface area contributed by atoms with Gasteiger partial charge in [-0.15, -0.1) is 0 Å². The summed E-state index contributed by atoms with van der Waals surface area (Å²) in [5, 5.41) is 0. The first kappa shape index (κ1) is 29.8. The van der Waals surface area contributed by atoms with Gasteiger partial charge in [0.15, 0.2) is 0 Å². The van der Waals surface area contributed by atoms with E-state index >= 15 is 0 Å². The lowest BCUT2D eigenvalue weighted by Crippen LogP contribution is -2.40. The molecule has 0 N–H and O–H groups in total. The van der Waals surface area contributed by atoms with Crippen LogP contribution in [0.2, 0.25) is 0 Å². The number of unbranched alkanes of at least 4 members (excludes halogenated alkanes) is 1. The van der Waals surface area contributed by atoms with E-state index in [0.717, 1.165) is 0 Å². The molecule has 30 heavy (non-hydrogen) atoms. The maximum absolute atomic E-state index is 2.69. The minimum atomic E-state index is 0.641. The van der Waals surface area contributed by atoms with Crippen LogP contribution in [0, 0.1) is 0 Å². The molecule has 0 bridgehead atoms. The molecule has 182 valence electrons. The molecule has 0 fully saturated rings. The van der Waals surface area contributed by atoms with Crippen molar-refractivity contribution < 1.29 is 0 Å². The van der Waals surface area contributed by atoms with Gasteiger partial charge in [-0.25, -0.2) is 0 Å². The Balaban J connectivity index is 4.18. The second-order valence-electron chi connectivity index (χ2n) is 10.1. The lowest BCUT2D eigenvalue weighted by molar-refractivity contribution is 0.149. The van der Waals surface area contributed by atoms with Crippen LogP contribution in [0.5, 0.6) is 0 Å².